The fourth-order valence-corrected chi connectivity index (χ4v) is 1.15. The second-order valence-corrected chi connectivity index (χ2v) is 3.21. The maximum atomic E-state index is 13.4. The minimum absolute atomic E-state index is 0.361. The number of halogens is 1. The van der Waals surface area contributed by atoms with Gasteiger partial charge >= 0.3 is 0 Å². The number of nitrogens with two attached hydrogens (primary N) is 1. The Kier molecular flexibility index (Phi) is 3.25. The van der Waals surface area contributed by atoms with E-state index >= 15 is 0 Å². The number of hydrogen-bond donors (Lipinski definition) is 1. The predicted octanol–water partition coefficient (Wildman–Crippen LogP) is 2.41. The van der Waals surface area contributed by atoms with Crippen LogP contribution in [-0.2, 0) is 0 Å². The van der Waals surface area contributed by atoms with Gasteiger partial charge in [-0.1, -0.05) is 18.2 Å². The van der Waals surface area contributed by atoms with Gasteiger partial charge in [0.15, 0.2) is 0 Å². The van der Waals surface area contributed by atoms with E-state index in [4.69, 9.17) is 10.5 Å². The number of ether oxygens (including phenoxy) is 1. The lowest BCUT2D eigenvalue weighted by Gasteiger charge is -2.13. The predicted molar refractivity (Wildman–Crippen MR) is 54.7 cm³/mol. The molecule has 0 aliphatic carbocycles. The molecule has 1 unspecified atom stereocenters. The van der Waals surface area contributed by atoms with Crippen molar-refractivity contribution in [2.24, 2.45) is 5.73 Å². The first-order valence-electron chi connectivity index (χ1n) is 4.30. The molecule has 0 aromatic heterocycles. The van der Waals surface area contributed by atoms with Gasteiger partial charge in [0.25, 0.3) is 0 Å². The summed E-state index contributed by atoms with van der Waals surface area (Å²) in [5.41, 5.74) is 6.92. The molecule has 0 bridgehead atoms. The minimum Gasteiger partial charge on any atom is -0.497 e. The summed E-state index contributed by atoms with van der Waals surface area (Å²) >= 11 is 0. The number of methoxy groups -OCH3 is 1. The zero-order chi connectivity index (χ0) is 10.7. The molecule has 14 heavy (non-hydrogen) atoms. The van der Waals surface area contributed by atoms with Crippen molar-refractivity contribution < 1.29 is 9.13 Å². The molecule has 0 heterocycles. The molecule has 0 aliphatic heterocycles. The first-order chi connectivity index (χ1) is 6.56. The molecule has 0 radical (unpaired) electrons. The number of benzene rings is 1. The van der Waals surface area contributed by atoms with Crippen LogP contribution >= 0.6 is 0 Å². The van der Waals surface area contributed by atoms with Crippen LogP contribution in [0.5, 0.6) is 5.75 Å². The zero-order valence-electron chi connectivity index (χ0n) is 8.38. The average Bonchev–Trinajstić information content (AvgIpc) is 2.16. The molecule has 3 heteroatoms. The lowest BCUT2D eigenvalue weighted by molar-refractivity contribution is 0.410. The van der Waals surface area contributed by atoms with Crippen LogP contribution < -0.4 is 10.5 Å². The summed E-state index contributed by atoms with van der Waals surface area (Å²) in [6.45, 7) is 5.46. The van der Waals surface area contributed by atoms with Crippen LogP contribution in [0.25, 0.3) is 0 Å². The van der Waals surface area contributed by atoms with Gasteiger partial charge in [0.05, 0.1) is 13.2 Å². The molecule has 2 nitrogen and oxygen atoms in total. The highest BCUT2D eigenvalue weighted by Crippen LogP contribution is 2.23. The minimum atomic E-state index is -0.457. The molecule has 0 fully saturated rings. The summed E-state index contributed by atoms with van der Waals surface area (Å²) in [5.74, 6) is 0.125. The van der Waals surface area contributed by atoms with Gasteiger partial charge in [0.1, 0.15) is 11.6 Å². The Morgan fingerprint density at radius 3 is 2.64 bits per heavy atom. The third kappa shape index (κ3) is 2.12. The zero-order valence-corrected chi connectivity index (χ0v) is 8.38. The van der Waals surface area contributed by atoms with E-state index in [0.29, 0.717) is 11.3 Å². The molecule has 0 amide bonds. The van der Waals surface area contributed by atoms with Gasteiger partial charge in [-0.15, -0.1) is 0 Å². The standard InChI is InChI=1S/C11H14FNO/c1-7(2)11(13)9-5-4-8(14-3)6-10(9)12/h4-6,11H,1,13H2,2-3H3. The fourth-order valence-electron chi connectivity index (χ4n) is 1.15. The Morgan fingerprint density at radius 1 is 1.57 bits per heavy atom. The van der Waals surface area contributed by atoms with E-state index in [0.717, 1.165) is 5.57 Å². The Hall–Kier alpha value is -1.35. The number of rotatable bonds is 3. The van der Waals surface area contributed by atoms with E-state index in [1.807, 2.05) is 0 Å². The van der Waals surface area contributed by atoms with Crippen molar-refractivity contribution in [3.05, 3.63) is 41.7 Å². The lowest BCUT2D eigenvalue weighted by atomic mass is 10.0. The van der Waals surface area contributed by atoms with E-state index < -0.39 is 6.04 Å². The molecule has 2 N–H and O–H groups in total. The van der Waals surface area contributed by atoms with Gasteiger partial charge in [-0.2, -0.15) is 0 Å². The molecule has 1 atom stereocenters. The highest BCUT2D eigenvalue weighted by molar-refractivity contribution is 5.33. The molecule has 1 aromatic carbocycles. The Balaban J connectivity index is 3.05. The Bertz CT molecular complexity index is 349. The third-order valence-electron chi connectivity index (χ3n) is 2.07. The summed E-state index contributed by atoms with van der Waals surface area (Å²) in [7, 11) is 1.49. The largest absolute Gasteiger partial charge is 0.497 e. The maximum Gasteiger partial charge on any atom is 0.131 e. The van der Waals surface area contributed by atoms with Gasteiger partial charge in [-0.05, 0) is 13.0 Å². The smallest absolute Gasteiger partial charge is 0.131 e. The van der Waals surface area contributed by atoms with Crippen molar-refractivity contribution in [1.29, 1.82) is 0 Å². The van der Waals surface area contributed by atoms with Crippen molar-refractivity contribution in [3.63, 3.8) is 0 Å². The Morgan fingerprint density at radius 2 is 2.21 bits per heavy atom. The van der Waals surface area contributed by atoms with Crippen molar-refractivity contribution >= 4 is 0 Å². The van der Waals surface area contributed by atoms with Gasteiger partial charge in [-0.25, -0.2) is 4.39 Å². The highest BCUT2D eigenvalue weighted by Gasteiger charge is 2.12. The van der Waals surface area contributed by atoms with Crippen LogP contribution in [0.3, 0.4) is 0 Å². The molecule has 0 saturated carbocycles. The van der Waals surface area contributed by atoms with Crippen LogP contribution in [0.1, 0.15) is 18.5 Å². The molecule has 0 saturated heterocycles. The summed E-state index contributed by atoms with van der Waals surface area (Å²) in [6.07, 6.45) is 0. The monoisotopic (exact) mass is 195 g/mol. The van der Waals surface area contributed by atoms with Gasteiger partial charge in [0, 0.05) is 11.6 Å². The van der Waals surface area contributed by atoms with E-state index in [9.17, 15) is 4.39 Å². The quantitative estimate of drug-likeness (QED) is 0.752. The lowest BCUT2D eigenvalue weighted by Crippen LogP contribution is -2.12. The molecule has 76 valence electrons. The van der Waals surface area contributed by atoms with E-state index in [2.05, 4.69) is 6.58 Å². The number of hydrogen-bond acceptors (Lipinski definition) is 2. The van der Waals surface area contributed by atoms with Crippen molar-refractivity contribution in [3.8, 4) is 5.75 Å². The van der Waals surface area contributed by atoms with Crippen LogP contribution in [0, 0.1) is 5.82 Å². The Labute approximate surface area is 83.2 Å². The second kappa shape index (κ2) is 4.24. The first kappa shape index (κ1) is 10.7. The molecule has 1 rings (SSSR count). The third-order valence-corrected chi connectivity index (χ3v) is 2.07. The summed E-state index contributed by atoms with van der Waals surface area (Å²) in [4.78, 5) is 0. The molecule has 1 aromatic rings. The average molecular weight is 195 g/mol. The van der Waals surface area contributed by atoms with Crippen LogP contribution in [-0.4, -0.2) is 7.11 Å². The van der Waals surface area contributed by atoms with Crippen LogP contribution in [0.2, 0.25) is 0 Å². The summed E-state index contributed by atoms with van der Waals surface area (Å²) in [6, 6.07) is 4.16. The fraction of sp³-hybridized carbons (Fsp3) is 0.273. The van der Waals surface area contributed by atoms with Gasteiger partial charge in [-0.3, -0.25) is 0 Å². The molecule has 0 aliphatic rings. The van der Waals surface area contributed by atoms with E-state index in [1.54, 1.807) is 19.1 Å². The maximum absolute atomic E-state index is 13.4. The summed E-state index contributed by atoms with van der Waals surface area (Å²) < 4.78 is 18.3. The first-order valence-corrected chi connectivity index (χ1v) is 4.30. The van der Waals surface area contributed by atoms with Gasteiger partial charge in [0.2, 0.25) is 0 Å². The SMILES string of the molecule is C=C(C)C(N)c1ccc(OC)cc1F. The highest BCUT2D eigenvalue weighted by atomic mass is 19.1. The van der Waals surface area contributed by atoms with Crippen molar-refractivity contribution in [2.75, 3.05) is 7.11 Å². The van der Waals surface area contributed by atoms with Crippen LogP contribution in [0.4, 0.5) is 4.39 Å². The molecule has 0 spiro atoms. The van der Waals surface area contributed by atoms with Crippen LogP contribution in [0.15, 0.2) is 30.4 Å². The topological polar surface area (TPSA) is 35.2 Å². The normalized spacial score (nSPS) is 12.3. The van der Waals surface area contributed by atoms with E-state index in [1.165, 1.54) is 13.2 Å². The second-order valence-electron chi connectivity index (χ2n) is 3.21. The van der Waals surface area contributed by atoms with Gasteiger partial charge < -0.3 is 10.5 Å². The van der Waals surface area contributed by atoms with Crippen molar-refractivity contribution in [2.45, 2.75) is 13.0 Å². The summed E-state index contributed by atoms with van der Waals surface area (Å²) in [5, 5.41) is 0. The van der Waals surface area contributed by atoms with Crippen molar-refractivity contribution in [1.82, 2.24) is 0 Å². The molecular weight excluding hydrogens is 181 g/mol. The van der Waals surface area contributed by atoms with E-state index in [-0.39, 0.29) is 5.82 Å². The molecular formula is C11H14FNO.